The smallest absolute Gasteiger partial charge is 0.273 e. The maximum atomic E-state index is 12.3. The summed E-state index contributed by atoms with van der Waals surface area (Å²) in [7, 11) is 0. The Balaban J connectivity index is 2.14. The van der Waals surface area contributed by atoms with Gasteiger partial charge < -0.3 is 14.7 Å². The van der Waals surface area contributed by atoms with Crippen LogP contribution in [0.25, 0.3) is 0 Å². The number of aromatic nitrogens is 1. The molecular formula is C12H18N2O3S. The number of nitrogens with zero attached hydrogens (tertiary/aromatic N) is 2. The number of hydrogen-bond acceptors (Lipinski definition) is 5. The largest absolute Gasteiger partial charge is 0.394 e. The second-order valence-corrected chi connectivity index (χ2v) is 6.20. The zero-order valence-corrected chi connectivity index (χ0v) is 11.7. The van der Waals surface area contributed by atoms with Crippen molar-refractivity contribution in [2.45, 2.75) is 32.5 Å². The summed E-state index contributed by atoms with van der Waals surface area (Å²) in [5, 5.41) is 9.22. The molecule has 0 bridgehead atoms. The van der Waals surface area contributed by atoms with E-state index in [9.17, 15) is 9.90 Å². The topological polar surface area (TPSA) is 62.7 Å². The second kappa shape index (κ2) is 4.95. The zero-order valence-electron chi connectivity index (χ0n) is 10.8. The Labute approximate surface area is 111 Å². The minimum Gasteiger partial charge on any atom is -0.394 e. The fourth-order valence-corrected chi connectivity index (χ4v) is 2.71. The SMILES string of the molecule is Cc1cc(C(=O)N2CC(CO)OC(C)(C)C2)ns1. The molecule has 0 radical (unpaired) electrons. The standard InChI is InChI=1S/C12H18N2O3S/c1-8-4-10(13-18-8)11(16)14-5-9(6-15)17-12(2,3)7-14/h4,9,15H,5-7H2,1-3H3. The summed E-state index contributed by atoms with van der Waals surface area (Å²) in [4.78, 5) is 15.0. The maximum absolute atomic E-state index is 12.3. The van der Waals surface area contributed by atoms with Crippen molar-refractivity contribution in [2.24, 2.45) is 0 Å². The molecule has 1 aromatic heterocycles. The van der Waals surface area contributed by atoms with E-state index in [1.165, 1.54) is 11.5 Å². The van der Waals surface area contributed by atoms with Gasteiger partial charge in [0.15, 0.2) is 0 Å². The van der Waals surface area contributed by atoms with Crippen LogP contribution in [-0.2, 0) is 4.74 Å². The van der Waals surface area contributed by atoms with Gasteiger partial charge in [0.05, 0.1) is 18.3 Å². The van der Waals surface area contributed by atoms with E-state index in [-0.39, 0.29) is 18.6 Å². The Morgan fingerprint density at radius 3 is 3.00 bits per heavy atom. The number of aliphatic hydroxyl groups is 1. The molecule has 0 spiro atoms. The van der Waals surface area contributed by atoms with Gasteiger partial charge in [-0.15, -0.1) is 0 Å². The molecule has 6 heteroatoms. The lowest BCUT2D eigenvalue weighted by atomic mass is 10.0. The van der Waals surface area contributed by atoms with Crippen molar-refractivity contribution in [1.82, 2.24) is 9.27 Å². The van der Waals surface area contributed by atoms with E-state index in [1.54, 1.807) is 11.0 Å². The molecule has 0 aromatic carbocycles. The molecule has 1 unspecified atom stereocenters. The fourth-order valence-electron chi connectivity index (χ4n) is 2.17. The van der Waals surface area contributed by atoms with Crippen molar-refractivity contribution >= 4 is 17.4 Å². The second-order valence-electron chi connectivity index (χ2n) is 5.19. The van der Waals surface area contributed by atoms with Crippen LogP contribution < -0.4 is 0 Å². The third-order valence-corrected chi connectivity index (χ3v) is 3.51. The summed E-state index contributed by atoms with van der Waals surface area (Å²) in [6.45, 7) is 6.61. The van der Waals surface area contributed by atoms with Crippen molar-refractivity contribution in [3.63, 3.8) is 0 Å². The van der Waals surface area contributed by atoms with Crippen LogP contribution in [0, 0.1) is 6.92 Å². The van der Waals surface area contributed by atoms with Crippen LogP contribution in [0.1, 0.15) is 29.2 Å². The molecule has 18 heavy (non-hydrogen) atoms. The first-order valence-electron chi connectivity index (χ1n) is 5.92. The Morgan fingerprint density at radius 1 is 1.72 bits per heavy atom. The predicted octanol–water partition coefficient (Wildman–Crippen LogP) is 1.06. The van der Waals surface area contributed by atoms with Gasteiger partial charge in [0.1, 0.15) is 5.69 Å². The van der Waals surface area contributed by atoms with E-state index in [4.69, 9.17) is 4.74 Å². The Kier molecular flexibility index (Phi) is 3.70. The van der Waals surface area contributed by atoms with Crippen LogP contribution in [0.15, 0.2) is 6.07 Å². The predicted molar refractivity (Wildman–Crippen MR) is 68.8 cm³/mol. The summed E-state index contributed by atoms with van der Waals surface area (Å²) in [5.41, 5.74) is 0.0405. The lowest BCUT2D eigenvalue weighted by Gasteiger charge is -2.42. The molecular weight excluding hydrogens is 252 g/mol. The molecule has 1 saturated heterocycles. The molecule has 1 atom stereocenters. The van der Waals surface area contributed by atoms with E-state index in [2.05, 4.69) is 4.37 Å². The number of rotatable bonds is 2. The molecule has 0 aliphatic carbocycles. The number of hydrogen-bond donors (Lipinski definition) is 1. The number of carbonyl (C=O) groups is 1. The van der Waals surface area contributed by atoms with Crippen molar-refractivity contribution < 1.29 is 14.6 Å². The van der Waals surface area contributed by atoms with E-state index in [1.807, 2.05) is 20.8 Å². The molecule has 1 aliphatic rings. The van der Waals surface area contributed by atoms with Crippen LogP contribution in [0.4, 0.5) is 0 Å². The molecule has 5 nitrogen and oxygen atoms in total. The van der Waals surface area contributed by atoms with Crippen molar-refractivity contribution in [1.29, 1.82) is 0 Å². The summed E-state index contributed by atoms with van der Waals surface area (Å²) in [6, 6.07) is 1.80. The summed E-state index contributed by atoms with van der Waals surface area (Å²) < 4.78 is 9.82. The number of morpholine rings is 1. The molecule has 1 fully saturated rings. The number of aliphatic hydroxyl groups excluding tert-OH is 1. The van der Waals surface area contributed by atoms with Gasteiger partial charge in [-0.25, -0.2) is 0 Å². The number of ether oxygens (including phenoxy) is 1. The van der Waals surface area contributed by atoms with E-state index in [0.29, 0.717) is 18.8 Å². The van der Waals surface area contributed by atoms with Crippen LogP contribution in [-0.4, -0.2) is 51.7 Å². The van der Waals surface area contributed by atoms with Gasteiger partial charge in [0.25, 0.3) is 5.91 Å². The molecule has 1 N–H and O–H groups in total. The summed E-state index contributed by atoms with van der Waals surface area (Å²) in [5.74, 6) is -0.0887. The number of carbonyl (C=O) groups excluding carboxylic acids is 1. The van der Waals surface area contributed by atoms with Crippen molar-refractivity contribution in [3.05, 3.63) is 16.6 Å². The Bertz CT molecular complexity index is 444. The molecule has 0 saturated carbocycles. The summed E-state index contributed by atoms with van der Waals surface area (Å²) in [6.07, 6.45) is -0.322. The van der Waals surface area contributed by atoms with Crippen LogP contribution >= 0.6 is 11.5 Å². The molecule has 1 aromatic rings. The van der Waals surface area contributed by atoms with Gasteiger partial charge in [-0.1, -0.05) is 0 Å². The summed E-state index contributed by atoms with van der Waals surface area (Å²) >= 11 is 1.33. The lowest BCUT2D eigenvalue weighted by Crippen LogP contribution is -2.55. The highest BCUT2D eigenvalue weighted by Crippen LogP contribution is 2.22. The first-order chi connectivity index (χ1) is 8.41. The monoisotopic (exact) mass is 270 g/mol. The normalized spacial score (nSPS) is 23.1. The maximum Gasteiger partial charge on any atom is 0.273 e. The third kappa shape index (κ3) is 2.88. The van der Waals surface area contributed by atoms with Gasteiger partial charge in [0.2, 0.25) is 0 Å². The van der Waals surface area contributed by atoms with E-state index >= 15 is 0 Å². The highest BCUT2D eigenvalue weighted by Gasteiger charge is 2.36. The lowest BCUT2D eigenvalue weighted by molar-refractivity contribution is -0.139. The van der Waals surface area contributed by atoms with Crippen LogP contribution in [0.5, 0.6) is 0 Å². The number of aryl methyl sites for hydroxylation is 1. The zero-order chi connectivity index (χ0) is 13.3. The third-order valence-electron chi connectivity index (χ3n) is 2.82. The Hall–Kier alpha value is -0.980. The molecule has 100 valence electrons. The van der Waals surface area contributed by atoms with Gasteiger partial charge in [-0.2, -0.15) is 4.37 Å². The van der Waals surface area contributed by atoms with Gasteiger partial charge >= 0.3 is 0 Å². The van der Waals surface area contributed by atoms with Gasteiger partial charge in [0, 0.05) is 18.0 Å². The van der Waals surface area contributed by atoms with Crippen molar-refractivity contribution in [2.75, 3.05) is 19.7 Å². The average molecular weight is 270 g/mol. The minimum atomic E-state index is -0.438. The number of amides is 1. The highest BCUT2D eigenvalue weighted by molar-refractivity contribution is 7.05. The first-order valence-corrected chi connectivity index (χ1v) is 6.70. The molecule has 1 amide bonds. The quantitative estimate of drug-likeness (QED) is 0.873. The van der Waals surface area contributed by atoms with Crippen LogP contribution in [0.2, 0.25) is 0 Å². The molecule has 2 heterocycles. The average Bonchev–Trinajstić information content (AvgIpc) is 2.72. The first kappa shape index (κ1) is 13.5. The van der Waals surface area contributed by atoms with Crippen molar-refractivity contribution in [3.8, 4) is 0 Å². The highest BCUT2D eigenvalue weighted by atomic mass is 32.1. The molecule has 1 aliphatic heterocycles. The van der Waals surface area contributed by atoms with Gasteiger partial charge in [-0.3, -0.25) is 4.79 Å². The minimum absolute atomic E-state index is 0.0801. The molecule has 2 rings (SSSR count). The van der Waals surface area contributed by atoms with Crippen LogP contribution in [0.3, 0.4) is 0 Å². The van der Waals surface area contributed by atoms with Gasteiger partial charge in [-0.05, 0) is 38.4 Å². The van der Waals surface area contributed by atoms with E-state index < -0.39 is 5.60 Å². The Morgan fingerprint density at radius 2 is 2.44 bits per heavy atom. The van der Waals surface area contributed by atoms with E-state index in [0.717, 1.165) is 4.88 Å². The fraction of sp³-hybridized carbons (Fsp3) is 0.667.